The third-order valence-electron chi connectivity index (χ3n) is 2.00. The van der Waals surface area contributed by atoms with Gasteiger partial charge in [-0.1, -0.05) is 89.2 Å². The Morgan fingerprint density at radius 3 is 0.625 bits per heavy atom. The zero-order valence-electron chi connectivity index (χ0n) is 27.3. The summed E-state index contributed by atoms with van der Waals surface area (Å²) in [5, 5.41) is 7.07. The monoisotopic (exact) mass is 551 g/mol. The first-order valence-corrected chi connectivity index (χ1v) is 13.9. The number of aromatic nitrogens is 7. The van der Waals surface area contributed by atoms with Gasteiger partial charge in [0.25, 0.3) is 0 Å². The second-order valence-corrected chi connectivity index (χ2v) is 10.7. The zero-order chi connectivity index (χ0) is 31.3. The van der Waals surface area contributed by atoms with Crippen LogP contribution in [0.5, 0.6) is 0 Å². The predicted octanol–water partition coefficient (Wildman–Crippen LogP) is 9.16. The molecule has 224 valence electrons. The van der Waals surface area contributed by atoms with Crippen molar-refractivity contribution in [3.63, 3.8) is 0 Å². The molecule has 0 aromatic carbocycles. The van der Waals surface area contributed by atoms with Crippen LogP contribution in [-0.2, 0) is 0 Å². The Morgan fingerprint density at radius 1 is 0.275 bits per heavy atom. The summed E-state index contributed by atoms with van der Waals surface area (Å²) in [4.78, 5) is 18.6. The zero-order valence-corrected chi connectivity index (χ0v) is 27.3. The van der Waals surface area contributed by atoms with Crippen LogP contribution in [0.4, 0.5) is 0 Å². The van der Waals surface area contributed by atoms with Crippen molar-refractivity contribution in [2.24, 2.45) is 23.7 Å². The molecule has 0 aliphatic heterocycles. The second-order valence-electron chi connectivity index (χ2n) is 10.7. The lowest BCUT2D eigenvalue weighted by atomic mass is 10.3. The van der Waals surface area contributed by atoms with E-state index in [1.165, 1.54) is 6.33 Å². The minimum Gasteiger partial charge on any atom is -0.265 e. The first-order valence-electron chi connectivity index (χ1n) is 13.9. The van der Waals surface area contributed by atoms with Gasteiger partial charge in [-0.3, -0.25) is 15.0 Å². The van der Waals surface area contributed by atoms with E-state index in [1.807, 2.05) is 30.3 Å². The van der Waals surface area contributed by atoms with E-state index in [0.29, 0.717) is 0 Å². The molecule has 7 heteroatoms. The van der Waals surface area contributed by atoms with Gasteiger partial charge in [-0.15, -0.1) is 0 Å². The normalized spacial score (nSPS) is 8.40. The average molecular weight is 552 g/mol. The summed E-state index contributed by atoms with van der Waals surface area (Å²) >= 11 is 0. The van der Waals surface area contributed by atoms with Gasteiger partial charge in [-0.2, -0.15) is 10.2 Å². The van der Waals surface area contributed by atoms with E-state index >= 15 is 0 Å². The standard InChI is InChI=1S/C5H5N.3C4H4N2.4C4H10/c1-2-4-6-5-3-1;1-2-6-4-3-5-1;1-2-5-4-6-3-1;1-2-4-6-5-3-1;4*1-4(2)3/h1-5H;3*1-4H;4*4H,1-3H3. The maximum Gasteiger partial charge on any atom is 0.115 e. The molecule has 0 saturated heterocycles. The van der Waals surface area contributed by atoms with Gasteiger partial charge in [-0.05, 0) is 54.0 Å². The van der Waals surface area contributed by atoms with Crippen molar-refractivity contribution in [1.29, 1.82) is 0 Å². The molecule has 0 bridgehead atoms. The molecule has 4 aromatic heterocycles. The van der Waals surface area contributed by atoms with Crippen molar-refractivity contribution >= 4 is 0 Å². The van der Waals surface area contributed by atoms with Crippen molar-refractivity contribution in [2.75, 3.05) is 0 Å². The first-order chi connectivity index (χ1) is 18.9. The first kappa shape index (κ1) is 43.4. The Morgan fingerprint density at radius 2 is 0.525 bits per heavy atom. The summed E-state index contributed by atoms with van der Waals surface area (Å²) in [5.41, 5.74) is 0. The Bertz CT molecular complexity index is 579. The molecule has 0 radical (unpaired) electrons. The van der Waals surface area contributed by atoms with Crippen LogP contribution in [0.1, 0.15) is 83.1 Å². The van der Waals surface area contributed by atoms with Crippen molar-refractivity contribution in [3.05, 3.63) is 105 Å². The summed E-state index contributed by atoms with van der Waals surface area (Å²) in [6.07, 6.45) is 18.2. The maximum atomic E-state index is 3.78. The molecule has 40 heavy (non-hydrogen) atoms. The molecule has 0 N–H and O–H groups in total. The van der Waals surface area contributed by atoms with E-state index in [0.717, 1.165) is 23.7 Å². The largest absolute Gasteiger partial charge is 0.265 e. The van der Waals surface area contributed by atoms with Crippen LogP contribution in [-0.4, -0.2) is 35.1 Å². The maximum absolute atomic E-state index is 3.78. The molecule has 0 unspecified atom stereocenters. The molecule has 0 spiro atoms. The van der Waals surface area contributed by atoms with E-state index in [1.54, 1.807) is 68.0 Å². The SMILES string of the molecule is CC(C)C.CC(C)C.CC(C)C.CC(C)C.c1ccncc1.c1ccnnc1.c1cnccn1.c1cncnc1. The minimum atomic E-state index is 0.833. The highest BCUT2D eigenvalue weighted by molar-refractivity contribution is 4.88. The van der Waals surface area contributed by atoms with Crippen LogP contribution in [0.15, 0.2) is 105 Å². The second kappa shape index (κ2) is 39.9. The van der Waals surface area contributed by atoms with Crippen molar-refractivity contribution < 1.29 is 0 Å². The summed E-state index contributed by atoms with van der Waals surface area (Å²) in [7, 11) is 0. The Labute approximate surface area is 246 Å². The quantitative estimate of drug-likeness (QED) is 0.215. The van der Waals surface area contributed by atoms with Gasteiger partial charge in [0.15, 0.2) is 0 Å². The average Bonchev–Trinajstić information content (AvgIpc) is 2.93. The van der Waals surface area contributed by atoms with E-state index in [9.17, 15) is 0 Å². The third kappa shape index (κ3) is 92.2. The van der Waals surface area contributed by atoms with Crippen LogP contribution < -0.4 is 0 Å². The summed E-state index contributed by atoms with van der Waals surface area (Å²) in [6, 6.07) is 11.1. The fraction of sp³-hybridized carbons (Fsp3) is 0.485. The lowest BCUT2D eigenvalue weighted by Gasteiger charge is -1.79. The molecule has 0 atom stereocenters. The molecule has 0 amide bonds. The Hall–Kier alpha value is -3.61. The fourth-order valence-electron chi connectivity index (χ4n) is 1.07. The van der Waals surface area contributed by atoms with Crippen LogP contribution in [0.2, 0.25) is 0 Å². The van der Waals surface area contributed by atoms with Crippen molar-refractivity contribution in [1.82, 2.24) is 35.1 Å². The molecule has 4 rings (SSSR count). The summed E-state index contributed by atoms with van der Waals surface area (Å²) in [5.74, 6) is 3.33. The molecule has 4 heterocycles. The van der Waals surface area contributed by atoms with Gasteiger partial charge in [0.1, 0.15) is 6.33 Å². The molecule has 0 aliphatic rings. The summed E-state index contributed by atoms with van der Waals surface area (Å²) < 4.78 is 0. The number of hydrogen-bond acceptors (Lipinski definition) is 7. The van der Waals surface area contributed by atoms with Gasteiger partial charge < -0.3 is 0 Å². The number of pyridine rings is 1. The van der Waals surface area contributed by atoms with Crippen molar-refractivity contribution in [2.45, 2.75) is 83.1 Å². The van der Waals surface area contributed by atoms with Gasteiger partial charge in [0.2, 0.25) is 0 Å². The Balaban J connectivity index is -0.000000187. The lowest BCUT2D eigenvalue weighted by Crippen LogP contribution is -1.69. The molecular formula is C33H57N7. The van der Waals surface area contributed by atoms with Crippen LogP contribution >= 0.6 is 0 Å². The van der Waals surface area contributed by atoms with Crippen molar-refractivity contribution in [3.8, 4) is 0 Å². The third-order valence-corrected chi connectivity index (χ3v) is 2.00. The molecule has 4 aromatic rings. The molecule has 7 nitrogen and oxygen atoms in total. The lowest BCUT2D eigenvalue weighted by molar-refractivity contribution is 0.736. The van der Waals surface area contributed by atoms with Crippen LogP contribution in [0.25, 0.3) is 0 Å². The molecule has 0 fully saturated rings. The van der Waals surface area contributed by atoms with E-state index in [2.05, 4.69) is 118 Å². The van der Waals surface area contributed by atoms with E-state index < -0.39 is 0 Å². The number of rotatable bonds is 0. The highest BCUT2D eigenvalue weighted by Gasteiger charge is 1.69. The topological polar surface area (TPSA) is 90.2 Å². The smallest absolute Gasteiger partial charge is 0.115 e. The van der Waals surface area contributed by atoms with Crippen LogP contribution in [0, 0.1) is 23.7 Å². The number of nitrogens with zero attached hydrogens (tertiary/aromatic N) is 7. The summed E-state index contributed by atoms with van der Waals surface area (Å²) in [6.45, 7) is 26.0. The highest BCUT2D eigenvalue weighted by Crippen LogP contribution is 1.82. The minimum absolute atomic E-state index is 0.833. The molecule has 0 saturated carbocycles. The van der Waals surface area contributed by atoms with Gasteiger partial charge in [-0.25, -0.2) is 9.97 Å². The van der Waals surface area contributed by atoms with Gasteiger partial charge in [0.05, 0.1) is 0 Å². The molecular weight excluding hydrogens is 494 g/mol. The predicted molar refractivity (Wildman–Crippen MR) is 172 cm³/mol. The van der Waals surface area contributed by atoms with Gasteiger partial charge in [0, 0.05) is 62.0 Å². The Kier molecular flexibility index (Phi) is 43.3. The van der Waals surface area contributed by atoms with Gasteiger partial charge >= 0.3 is 0 Å². The molecule has 0 aliphatic carbocycles. The fourth-order valence-corrected chi connectivity index (χ4v) is 1.07. The highest BCUT2D eigenvalue weighted by atomic mass is 15.1. The van der Waals surface area contributed by atoms with E-state index in [4.69, 9.17) is 0 Å². The van der Waals surface area contributed by atoms with E-state index in [-0.39, 0.29) is 0 Å². The number of hydrogen-bond donors (Lipinski definition) is 0. The van der Waals surface area contributed by atoms with Crippen LogP contribution in [0.3, 0.4) is 0 Å².